The van der Waals surface area contributed by atoms with Crippen LogP contribution in [0.4, 0.5) is 4.79 Å². The molecule has 2 heterocycles. The fourth-order valence-electron chi connectivity index (χ4n) is 4.92. The number of hydrogen-bond acceptors (Lipinski definition) is 5. The van der Waals surface area contributed by atoms with E-state index in [1.54, 1.807) is 6.92 Å². The van der Waals surface area contributed by atoms with Gasteiger partial charge in [-0.15, -0.1) is 0 Å². The molecule has 0 aromatic heterocycles. The normalized spacial score (nSPS) is 28.9. The summed E-state index contributed by atoms with van der Waals surface area (Å²) < 4.78 is 12.0. The highest BCUT2D eigenvalue weighted by Crippen LogP contribution is 2.44. The van der Waals surface area contributed by atoms with Crippen molar-refractivity contribution >= 4 is 26.2 Å². The number of hydrogen-bond donors (Lipinski definition) is 1. The average Bonchev–Trinajstić information content (AvgIpc) is 3.17. The second-order valence-electron chi connectivity index (χ2n) is 10.9. The van der Waals surface area contributed by atoms with Gasteiger partial charge in [-0.2, -0.15) is 0 Å². The van der Waals surface area contributed by atoms with Crippen LogP contribution in [0.2, 0.25) is 18.1 Å². The summed E-state index contributed by atoms with van der Waals surface area (Å²) in [7, 11) is -2.08. The van der Waals surface area contributed by atoms with Crippen molar-refractivity contribution in [3.8, 4) is 0 Å². The minimum atomic E-state index is -2.08. The molecular weight excluding hydrogens is 424 g/mol. The maximum absolute atomic E-state index is 13.5. The molecule has 7 nitrogen and oxygen atoms in total. The Kier molecular flexibility index (Phi) is 5.53. The first kappa shape index (κ1) is 23.0. The lowest BCUT2D eigenvalue weighted by molar-refractivity contribution is -0.147. The van der Waals surface area contributed by atoms with Crippen LogP contribution in [0, 0.1) is 11.8 Å². The van der Waals surface area contributed by atoms with E-state index in [0.717, 1.165) is 11.1 Å². The monoisotopic (exact) mass is 458 g/mol. The van der Waals surface area contributed by atoms with Crippen LogP contribution in [0.25, 0.3) is 0 Å². The van der Waals surface area contributed by atoms with Gasteiger partial charge in [-0.1, -0.05) is 52.0 Å². The molecule has 1 aromatic rings. The molecule has 1 N–H and O–H groups in total. The van der Waals surface area contributed by atoms with Crippen molar-refractivity contribution in [1.82, 2.24) is 10.2 Å². The number of imide groups is 1. The van der Waals surface area contributed by atoms with Crippen molar-refractivity contribution in [2.24, 2.45) is 11.8 Å². The van der Waals surface area contributed by atoms with E-state index in [0.29, 0.717) is 6.42 Å². The lowest BCUT2D eigenvalue weighted by atomic mass is 9.78. The zero-order valence-corrected chi connectivity index (χ0v) is 21.0. The van der Waals surface area contributed by atoms with E-state index in [2.05, 4.69) is 39.2 Å². The fraction of sp³-hybridized carbons (Fsp3) is 0.625. The van der Waals surface area contributed by atoms with E-state index in [1.165, 1.54) is 4.90 Å². The molecular formula is C24H34N2O5Si. The van der Waals surface area contributed by atoms with Crippen LogP contribution in [0.5, 0.6) is 0 Å². The largest absolute Gasteiger partial charge is 0.443 e. The number of benzene rings is 1. The summed E-state index contributed by atoms with van der Waals surface area (Å²) in [5, 5.41) is 2.91. The second kappa shape index (κ2) is 7.69. The van der Waals surface area contributed by atoms with Gasteiger partial charge in [-0.3, -0.25) is 9.59 Å². The molecule has 2 saturated heterocycles. The molecule has 0 unspecified atom stereocenters. The number of carbonyl (C=O) groups excluding carboxylic acids is 3. The molecule has 6 atom stereocenters. The topological polar surface area (TPSA) is 84.9 Å². The van der Waals surface area contributed by atoms with Crippen LogP contribution >= 0.6 is 0 Å². The van der Waals surface area contributed by atoms with Gasteiger partial charge in [0.1, 0.15) is 12.1 Å². The third-order valence-electron chi connectivity index (χ3n) is 7.83. The van der Waals surface area contributed by atoms with Gasteiger partial charge >= 0.3 is 6.09 Å². The van der Waals surface area contributed by atoms with E-state index >= 15 is 0 Å². The van der Waals surface area contributed by atoms with Crippen molar-refractivity contribution in [3.05, 3.63) is 35.4 Å². The Morgan fingerprint density at radius 2 is 1.88 bits per heavy atom. The van der Waals surface area contributed by atoms with Crippen LogP contribution in [-0.2, 0) is 25.2 Å². The molecule has 2 fully saturated rings. The standard InChI is InChI=1S/C24H34N2O5Si/c1-13(19-18(21(27)25-19)14(2)31-32(6,7)24(3,4)5)22(28)26-20-16-11-9-8-10-15(16)12-17(20)30-23(26)29/h8-11,13-14,17-20H,12H2,1-7H3,(H,25,27)/t13-,14-,17+,18-,19-,20-/m1/s1. The lowest BCUT2D eigenvalue weighted by Crippen LogP contribution is -2.67. The van der Waals surface area contributed by atoms with Crippen molar-refractivity contribution in [2.75, 3.05) is 0 Å². The summed E-state index contributed by atoms with van der Waals surface area (Å²) in [6.45, 7) is 14.5. The van der Waals surface area contributed by atoms with E-state index < -0.39 is 32.3 Å². The molecule has 3 aliphatic rings. The second-order valence-corrected chi connectivity index (χ2v) is 15.7. The van der Waals surface area contributed by atoms with E-state index in [-0.39, 0.29) is 35.1 Å². The molecule has 8 heteroatoms. The lowest BCUT2D eigenvalue weighted by Gasteiger charge is -2.47. The zero-order valence-electron chi connectivity index (χ0n) is 20.0. The number of nitrogens with zero attached hydrogens (tertiary/aromatic N) is 1. The van der Waals surface area contributed by atoms with Gasteiger partial charge < -0.3 is 14.5 Å². The predicted octanol–water partition coefficient (Wildman–Crippen LogP) is 3.79. The van der Waals surface area contributed by atoms with Crippen molar-refractivity contribution in [2.45, 2.75) is 83.5 Å². The molecule has 0 bridgehead atoms. The Morgan fingerprint density at radius 1 is 1.22 bits per heavy atom. The molecule has 2 aliphatic heterocycles. The summed E-state index contributed by atoms with van der Waals surface area (Å²) >= 11 is 0. The zero-order chi connectivity index (χ0) is 23.6. The van der Waals surface area contributed by atoms with Crippen LogP contribution < -0.4 is 5.32 Å². The average molecular weight is 459 g/mol. The minimum absolute atomic E-state index is 0.0165. The van der Waals surface area contributed by atoms with Crippen molar-refractivity contribution < 1.29 is 23.5 Å². The maximum Gasteiger partial charge on any atom is 0.417 e. The number of amides is 3. The highest BCUT2D eigenvalue weighted by molar-refractivity contribution is 6.74. The summed E-state index contributed by atoms with van der Waals surface area (Å²) in [4.78, 5) is 39.9. The molecule has 32 heavy (non-hydrogen) atoms. The van der Waals surface area contributed by atoms with Gasteiger partial charge in [0.25, 0.3) is 0 Å². The van der Waals surface area contributed by atoms with Gasteiger partial charge in [0.15, 0.2) is 8.32 Å². The maximum atomic E-state index is 13.5. The Hall–Kier alpha value is -2.19. The molecule has 3 amide bonds. The van der Waals surface area contributed by atoms with Crippen molar-refractivity contribution in [1.29, 1.82) is 0 Å². The first-order valence-electron chi connectivity index (χ1n) is 11.4. The smallest absolute Gasteiger partial charge is 0.417 e. The van der Waals surface area contributed by atoms with Gasteiger partial charge in [0.2, 0.25) is 11.8 Å². The molecule has 4 rings (SSSR count). The number of rotatable bonds is 5. The molecule has 0 saturated carbocycles. The summed E-state index contributed by atoms with van der Waals surface area (Å²) in [5.41, 5.74) is 2.07. The van der Waals surface area contributed by atoms with Crippen LogP contribution in [0.3, 0.4) is 0 Å². The van der Waals surface area contributed by atoms with E-state index in [9.17, 15) is 14.4 Å². The van der Waals surface area contributed by atoms with Gasteiger partial charge in [-0.05, 0) is 36.2 Å². The summed E-state index contributed by atoms with van der Waals surface area (Å²) in [5.74, 6) is -1.40. The molecule has 1 aromatic carbocycles. The predicted molar refractivity (Wildman–Crippen MR) is 122 cm³/mol. The number of ether oxygens (including phenoxy) is 1. The van der Waals surface area contributed by atoms with E-state index in [4.69, 9.17) is 9.16 Å². The van der Waals surface area contributed by atoms with Crippen molar-refractivity contribution in [3.63, 3.8) is 0 Å². The number of carbonyl (C=O) groups is 3. The SMILES string of the molecule is C[C@@H](O[Si](C)(C)C(C)(C)C)[C@H]1C(=O)N[C@@H]1[C@@H](C)C(=O)N1C(=O)O[C@H]2Cc3ccccc3[C@H]21. The third kappa shape index (κ3) is 3.57. The molecule has 174 valence electrons. The first-order chi connectivity index (χ1) is 14.8. The Balaban J connectivity index is 1.51. The number of β-lactam (4-membered cyclic amide) rings is 1. The van der Waals surface area contributed by atoms with Crippen LogP contribution in [-0.4, -0.2) is 49.4 Å². The number of nitrogens with one attached hydrogen (secondary N) is 1. The van der Waals surface area contributed by atoms with Gasteiger partial charge in [0.05, 0.1) is 24.0 Å². The highest BCUT2D eigenvalue weighted by Gasteiger charge is 2.55. The van der Waals surface area contributed by atoms with Crippen LogP contribution in [0.1, 0.15) is 51.8 Å². The van der Waals surface area contributed by atoms with Gasteiger partial charge in [-0.25, -0.2) is 9.69 Å². The third-order valence-corrected chi connectivity index (χ3v) is 12.4. The van der Waals surface area contributed by atoms with Crippen LogP contribution in [0.15, 0.2) is 24.3 Å². The quantitative estimate of drug-likeness (QED) is 0.536. The highest BCUT2D eigenvalue weighted by atomic mass is 28.4. The van der Waals surface area contributed by atoms with Gasteiger partial charge in [0, 0.05) is 6.42 Å². The summed E-state index contributed by atoms with van der Waals surface area (Å²) in [6.07, 6.45) is -0.636. The Labute approximate surface area is 191 Å². The molecule has 0 radical (unpaired) electrons. The Morgan fingerprint density at radius 3 is 2.50 bits per heavy atom. The number of fused-ring (bicyclic) bond motifs is 3. The fourth-order valence-corrected chi connectivity index (χ4v) is 6.35. The molecule has 0 spiro atoms. The van der Waals surface area contributed by atoms with E-state index in [1.807, 2.05) is 31.2 Å². The first-order valence-corrected chi connectivity index (χ1v) is 14.3. The minimum Gasteiger partial charge on any atom is -0.443 e. The Bertz CT molecular complexity index is 956. The summed E-state index contributed by atoms with van der Waals surface area (Å²) in [6, 6.07) is 7.06. The molecule has 1 aliphatic carbocycles.